The van der Waals surface area contributed by atoms with Gasteiger partial charge in [0.25, 0.3) is 15.9 Å². The summed E-state index contributed by atoms with van der Waals surface area (Å²) >= 11 is 6.16. The second-order valence-corrected chi connectivity index (χ2v) is 9.73. The van der Waals surface area contributed by atoms with Crippen LogP contribution in [0.4, 0.5) is 5.69 Å². The molecule has 2 N–H and O–H groups in total. The average molecular weight is 451 g/mol. The first-order valence-electron chi connectivity index (χ1n) is 10.4. The first-order valence-corrected chi connectivity index (χ1v) is 12.2. The van der Waals surface area contributed by atoms with E-state index in [1.807, 2.05) is 19.9 Å². The van der Waals surface area contributed by atoms with Crippen molar-refractivity contribution >= 4 is 33.2 Å². The third-order valence-electron chi connectivity index (χ3n) is 5.34. The first kappa shape index (κ1) is 24.2. The summed E-state index contributed by atoms with van der Waals surface area (Å²) in [5.41, 5.74) is 2.76. The summed E-state index contributed by atoms with van der Waals surface area (Å²) in [5.74, 6) is 0.111. The Morgan fingerprint density at radius 2 is 1.80 bits per heavy atom. The van der Waals surface area contributed by atoms with Crippen molar-refractivity contribution in [1.82, 2.24) is 5.32 Å². The summed E-state index contributed by atoms with van der Waals surface area (Å²) in [6, 6.07) is 9.62. The Labute approximate surface area is 185 Å². The van der Waals surface area contributed by atoms with Gasteiger partial charge < -0.3 is 5.32 Å². The van der Waals surface area contributed by atoms with Gasteiger partial charge in [-0.3, -0.25) is 9.52 Å². The molecule has 0 heterocycles. The van der Waals surface area contributed by atoms with Gasteiger partial charge in [0.2, 0.25) is 0 Å². The molecule has 5 nitrogen and oxygen atoms in total. The molecule has 7 heteroatoms. The van der Waals surface area contributed by atoms with Crippen LogP contribution in [0.3, 0.4) is 0 Å². The lowest BCUT2D eigenvalue weighted by molar-refractivity contribution is 0.0945. The van der Waals surface area contributed by atoms with Crippen molar-refractivity contribution in [3.8, 4) is 0 Å². The second-order valence-electron chi connectivity index (χ2n) is 7.68. The summed E-state index contributed by atoms with van der Waals surface area (Å²) in [7, 11) is -3.94. The van der Waals surface area contributed by atoms with Crippen molar-refractivity contribution in [2.24, 2.45) is 5.92 Å². The van der Waals surface area contributed by atoms with Crippen molar-refractivity contribution in [3.63, 3.8) is 0 Å². The maximum absolute atomic E-state index is 12.9. The van der Waals surface area contributed by atoms with Crippen molar-refractivity contribution in [1.29, 1.82) is 0 Å². The summed E-state index contributed by atoms with van der Waals surface area (Å²) in [5, 5.41) is 2.99. The highest BCUT2D eigenvalue weighted by molar-refractivity contribution is 7.92. The molecule has 0 aromatic heterocycles. The molecule has 1 unspecified atom stereocenters. The number of rotatable bonds is 10. The van der Waals surface area contributed by atoms with E-state index in [1.54, 1.807) is 18.2 Å². The third kappa shape index (κ3) is 6.47. The number of amides is 1. The largest absolute Gasteiger partial charge is 0.352 e. The van der Waals surface area contributed by atoms with Crippen LogP contribution in [0, 0.1) is 19.8 Å². The van der Waals surface area contributed by atoms with E-state index in [9.17, 15) is 13.2 Å². The molecule has 0 spiro atoms. The molecule has 1 atom stereocenters. The van der Waals surface area contributed by atoms with Gasteiger partial charge >= 0.3 is 0 Å². The maximum atomic E-state index is 12.9. The fourth-order valence-corrected chi connectivity index (χ4v) is 4.72. The Bertz CT molecular complexity index is 990. The van der Waals surface area contributed by atoms with Gasteiger partial charge in [-0.2, -0.15) is 0 Å². The minimum absolute atomic E-state index is 0.0669. The summed E-state index contributed by atoms with van der Waals surface area (Å²) in [6.07, 6.45) is 4.30. The van der Waals surface area contributed by atoms with Crippen LogP contribution in [-0.2, 0) is 10.0 Å². The predicted octanol–water partition coefficient (Wildman–Crippen LogP) is 5.70. The first-order chi connectivity index (χ1) is 14.2. The van der Waals surface area contributed by atoms with Gasteiger partial charge in [0.1, 0.15) is 4.90 Å². The van der Waals surface area contributed by atoms with Crippen LogP contribution in [0.2, 0.25) is 5.02 Å². The Hall–Kier alpha value is -2.05. The van der Waals surface area contributed by atoms with E-state index >= 15 is 0 Å². The molecular formula is C23H31ClN2O3S. The number of hydrogen-bond acceptors (Lipinski definition) is 3. The molecule has 164 valence electrons. The minimum atomic E-state index is -3.94. The molecule has 2 aromatic rings. The van der Waals surface area contributed by atoms with E-state index in [1.165, 1.54) is 12.1 Å². The van der Waals surface area contributed by atoms with Gasteiger partial charge in [-0.15, -0.1) is 0 Å². The van der Waals surface area contributed by atoms with Gasteiger partial charge in [0, 0.05) is 17.8 Å². The van der Waals surface area contributed by atoms with E-state index < -0.39 is 10.0 Å². The number of unbranched alkanes of at least 4 members (excludes halogenated alkanes) is 1. The van der Waals surface area contributed by atoms with Crippen molar-refractivity contribution in [2.75, 3.05) is 11.3 Å². The number of anilines is 1. The zero-order valence-corrected chi connectivity index (χ0v) is 19.7. The Morgan fingerprint density at radius 1 is 1.07 bits per heavy atom. The fraction of sp³-hybridized carbons (Fsp3) is 0.435. The van der Waals surface area contributed by atoms with Gasteiger partial charge in [0.15, 0.2) is 0 Å². The molecule has 30 heavy (non-hydrogen) atoms. The zero-order valence-electron chi connectivity index (χ0n) is 18.1. The number of benzene rings is 2. The smallest absolute Gasteiger partial charge is 0.263 e. The van der Waals surface area contributed by atoms with Crippen LogP contribution in [0.15, 0.2) is 41.3 Å². The highest BCUT2D eigenvalue weighted by Crippen LogP contribution is 2.26. The van der Waals surface area contributed by atoms with E-state index in [4.69, 9.17) is 11.6 Å². The quantitative estimate of drug-likeness (QED) is 0.487. The van der Waals surface area contributed by atoms with E-state index in [2.05, 4.69) is 23.9 Å². The number of halogens is 1. The molecule has 1 amide bonds. The third-order valence-corrected chi connectivity index (χ3v) is 7.20. The molecule has 0 radical (unpaired) electrons. The number of carbonyl (C=O) groups excluding carboxylic acids is 1. The van der Waals surface area contributed by atoms with E-state index in [0.29, 0.717) is 18.2 Å². The monoisotopic (exact) mass is 450 g/mol. The number of hydrogen-bond donors (Lipinski definition) is 2. The summed E-state index contributed by atoms with van der Waals surface area (Å²) < 4.78 is 28.3. The Balaban J connectivity index is 2.18. The van der Waals surface area contributed by atoms with Crippen molar-refractivity contribution in [3.05, 3.63) is 58.1 Å². The standard InChI is InChI=1S/C23H31ClN2O3S/c1-5-7-8-18(6-2)15-25-23(27)19-10-12-21(24)22(14-19)30(28,29)26-20-11-9-16(3)17(4)13-20/h9-14,18,26H,5-8,15H2,1-4H3,(H,25,27). The van der Waals surface area contributed by atoms with Crippen LogP contribution in [0.1, 0.15) is 61.0 Å². The molecule has 0 saturated heterocycles. The minimum Gasteiger partial charge on any atom is -0.352 e. The average Bonchev–Trinajstić information content (AvgIpc) is 2.70. The number of aryl methyl sites for hydroxylation is 2. The van der Waals surface area contributed by atoms with Crippen LogP contribution in [0.5, 0.6) is 0 Å². The van der Waals surface area contributed by atoms with Crippen LogP contribution in [-0.4, -0.2) is 20.9 Å². The van der Waals surface area contributed by atoms with Crippen molar-refractivity contribution in [2.45, 2.75) is 58.3 Å². The SMILES string of the molecule is CCCCC(CC)CNC(=O)c1ccc(Cl)c(S(=O)(=O)Nc2ccc(C)c(C)c2)c1. The molecule has 0 aliphatic heterocycles. The topological polar surface area (TPSA) is 75.3 Å². The fourth-order valence-electron chi connectivity index (χ4n) is 3.15. The molecule has 0 saturated carbocycles. The molecule has 2 rings (SSSR count). The van der Waals surface area contributed by atoms with E-state index in [0.717, 1.165) is 36.8 Å². The lowest BCUT2D eigenvalue weighted by Gasteiger charge is -2.16. The zero-order chi connectivity index (χ0) is 22.3. The van der Waals surface area contributed by atoms with Gasteiger partial charge in [-0.1, -0.05) is 50.8 Å². The highest BCUT2D eigenvalue weighted by atomic mass is 35.5. The second kappa shape index (κ2) is 10.8. The Morgan fingerprint density at radius 3 is 2.43 bits per heavy atom. The molecule has 0 fully saturated rings. The molecule has 0 bridgehead atoms. The Kier molecular flexibility index (Phi) is 8.74. The van der Waals surface area contributed by atoms with Crippen molar-refractivity contribution < 1.29 is 13.2 Å². The van der Waals surface area contributed by atoms with Gasteiger partial charge in [0.05, 0.1) is 5.02 Å². The van der Waals surface area contributed by atoms with Crippen LogP contribution >= 0.6 is 11.6 Å². The maximum Gasteiger partial charge on any atom is 0.263 e. The van der Waals surface area contributed by atoms with Gasteiger partial charge in [-0.05, 0) is 67.6 Å². The normalized spacial score (nSPS) is 12.4. The predicted molar refractivity (Wildman–Crippen MR) is 124 cm³/mol. The van der Waals surface area contributed by atoms with Crippen LogP contribution in [0.25, 0.3) is 0 Å². The lowest BCUT2D eigenvalue weighted by atomic mass is 9.99. The molecule has 0 aliphatic rings. The number of sulfonamides is 1. The van der Waals surface area contributed by atoms with Crippen LogP contribution < -0.4 is 10.0 Å². The van der Waals surface area contributed by atoms with Gasteiger partial charge in [-0.25, -0.2) is 8.42 Å². The summed E-state index contributed by atoms with van der Waals surface area (Å²) in [6.45, 7) is 8.69. The lowest BCUT2D eigenvalue weighted by Crippen LogP contribution is -2.29. The molecule has 2 aromatic carbocycles. The van der Waals surface area contributed by atoms with E-state index in [-0.39, 0.29) is 21.4 Å². The number of carbonyl (C=O) groups is 1. The summed E-state index contributed by atoms with van der Waals surface area (Å²) in [4.78, 5) is 12.5. The number of nitrogens with one attached hydrogen (secondary N) is 2. The molecular weight excluding hydrogens is 420 g/mol. The molecule has 0 aliphatic carbocycles. The highest BCUT2D eigenvalue weighted by Gasteiger charge is 2.21.